The number of alkyl carbamates (subject to hydrolysis) is 1. The molecule has 3 aromatic rings. The largest absolute Gasteiger partial charge is 0.462 e. The van der Waals surface area contributed by atoms with Crippen molar-refractivity contribution in [2.45, 2.75) is 31.4 Å². The van der Waals surface area contributed by atoms with E-state index in [0.717, 1.165) is 36.0 Å². The van der Waals surface area contributed by atoms with Gasteiger partial charge in [-0.15, -0.1) is 0 Å². The van der Waals surface area contributed by atoms with Crippen molar-refractivity contribution in [3.8, 4) is 11.1 Å². The van der Waals surface area contributed by atoms with Gasteiger partial charge in [-0.1, -0.05) is 48.5 Å². The van der Waals surface area contributed by atoms with Gasteiger partial charge in [0.1, 0.15) is 25.1 Å². The molecule has 1 amide bonds. The molecule has 31 heavy (non-hydrogen) atoms. The summed E-state index contributed by atoms with van der Waals surface area (Å²) in [5.41, 5.74) is 5.19. The highest BCUT2D eigenvalue weighted by molar-refractivity contribution is 5.91. The van der Waals surface area contributed by atoms with Crippen molar-refractivity contribution >= 4 is 12.1 Å². The van der Waals surface area contributed by atoms with Crippen molar-refractivity contribution in [1.29, 1.82) is 0 Å². The molecule has 1 aliphatic heterocycles. The lowest BCUT2D eigenvalue weighted by molar-refractivity contribution is 0.142. The quantitative estimate of drug-likeness (QED) is 0.707. The van der Waals surface area contributed by atoms with Crippen LogP contribution in [-0.4, -0.2) is 34.2 Å². The Labute approximate surface area is 180 Å². The molecule has 156 valence electrons. The van der Waals surface area contributed by atoms with Crippen LogP contribution in [0.2, 0.25) is 0 Å². The number of nitrogens with zero attached hydrogens (tertiary/aromatic N) is 3. The number of carbonyl (C=O) groups excluding carboxylic acids is 1. The van der Waals surface area contributed by atoms with Crippen molar-refractivity contribution in [1.82, 2.24) is 15.3 Å². The molecule has 1 unspecified atom stereocenters. The normalized spacial score (nSPS) is 19.3. The Morgan fingerprint density at radius 2 is 1.94 bits per heavy atom. The van der Waals surface area contributed by atoms with Crippen molar-refractivity contribution in [3.63, 3.8) is 0 Å². The highest BCUT2D eigenvalue weighted by Crippen LogP contribution is 2.39. The Morgan fingerprint density at radius 1 is 1.10 bits per heavy atom. The van der Waals surface area contributed by atoms with E-state index in [-0.39, 0.29) is 18.2 Å². The zero-order chi connectivity index (χ0) is 21.1. The van der Waals surface area contributed by atoms with Crippen LogP contribution in [0.1, 0.15) is 23.1 Å². The molecule has 5 rings (SSSR count). The number of aromatic nitrogens is 2. The molecule has 0 saturated carbocycles. The number of aryl methyl sites for hydroxylation is 1. The number of hydrogen-bond donors (Lipinski definition) is 1. The van der Waals surface area contributed by atoms with E-state index in [0.29, 0.717) is 6.61 Å². The van der Waals surface area contributed by atoms with Crippen LogP contribution >= 0.6 is 0 Å². The van der Waals surface area contributed by atoms with Crippen LogP contribution < -0.4 is 5.32 Å². The highest BCUT2D eigenvalue weighted by Gasteiger charge is 2.41. The van der Waals surface area contributed by atoms with Gasteiger partial charge in [0.2, 0.25) is 0 Å². The molecular weight excluding hydrogens is 392 g/mol. The van der Waals surface area contributed by atoms with Crippen molar-refractivity contribution < 1.29 is 14.3 Å². The topological polar surface area (TPSA) is 85.7 Å². The first-order valence-corrected chi connectivity index (χ1v) is 10.3. The third-order valence-electron chi connectivity index (χ3n) is 5.75. The van der Waals surface area contributed by atoms with Crippen LogP contribution in [0.5, 0.6) is 0 Å². The summed E-state index contributed by atoms with van der Waals surface area (Å²) in [7, 11) is 0. The predicted molar refractivity (Wildman–Crippen MR) is 115 cm³/mol. The Morgan fingerprint density at radius 3 is 2.77 bits per heavy atom. The Hall–Kier alpha value is -3.74. The molecule has 2 aliphatic rings. The minimum atomic E-state index is -0.571. The van der Waals surface area contributed by atoms with Crippen LogP contribution in [0.4, 0.5) is 4.79 Å². The summed E-state index contributed by atoms with van der Waals surface area (Å²) in [5, 5.41) is 2.64. The van der Waals surface area contributed by atoms with Crippen LogP contribution in [0.25, 0.3) is 11.1 Å². The van der Waals surface area contributed by atoms with Crippen molar-refractivity contribution in [2.75, 3.05) is 6.61 Å². The fourth-order valence-electron chi connectivity index (χ4n) is 4.18. The summed E-state index contributed by atoms with van der Waals surface area (Å²) < 4.78 is 11.0. The smallest absolute Gasteiger partial charge is 0.415 e. The second kappa shape index (κ2) is 8.18. The summed E-state index contributed by atoms with van der Waals surface area (Å²) in [6, 6.07) is 16.1. The van der Waals surface area contributed by atoms with Gasteiger partial charge in [-0.3, -0.25) is 0 Å². The molecule has 0 bridgehead atoms. The van der Waals surface area contributed by atoms with E-state index >= 15 is 0 Å². The molecule has 2 aromatic carbocycles. The summed E-state index contributed by atoms with van der Waals surface area (Å²) in [6.45, 7) is 0.626. The third kappa shape index (κ3) is 4.12. The summed E-state index contributed by atoms with van der Waals surface area (Å²) in [6.07, 6.45) is 7.11. The minimum absolute atomic E-state index is 0.195. The molecule has 1 atom stereocenters. The first kappa shape index (κ1) is 19.2. The van der Waals surface area contributed by atoms with Crippen LogP contribution in [0, 0.1) is 0 Å². The summed E-state index contributed by atoms with van der Waals surface area (Å²) >= 11 is 0. The number of carbonyl (C=O) groups is 1. The first-order valence-electron chi connectivity index (χ1n) is 10.3. The number of rotatable bonds is 3. The molecule has 1 N–H and O–H groups in total. The number of aliphatic imine (C=N–C) groups is 1. The van der Waals surface area contributed by atoms with Crippen LogP contribution in [-0.2, 0) is 28.9 Å². The van der Waals surface area contributed by atoms with Gasteiger partial charge in [-0.2, -0.15) is 0 Å². The van der Waals surface area contributed by atoms with Gasteiger partial charge in [0.25, 0.3) is 6.02 Å². The number of fused-ring (bicyclic) bond motifs is 1. The molecule has 0 saturated heterocycles. The second-order valence-corrected chi connectivity index (χ2v) is 7.86. The van der Waals surface area contributed by atoms with Gasteiger partial charge in [-0.25, -0.2) is 25.1 Å². The lowest BCUT2D eigenvalue weighted by Crippen LogP contribution is -2.35. The van der Waals surface area contributed by atoms with E-state index in [1.807, 2.05) is 42.7 Å². The van der Waals surface area contributed by atoms with Crippen molar-refractivity contribution in [2.24, 2.45) is 4.99 Å². The Kier molecular flexibility index (Phi) is 5.08. The fraction of sp³-hybridized carbons (Fsp3) is 0.250. The number of hydrogen-bond acceptors (Lipinski definition) is 6. The van der Waals surface area contributed by atoms with E-state index in [1.54, 1.807) is 0 Å². The predicted octanol–water partition coefficient (Wildman–Crippen LogP) is 3.68. The molecule has 7 heteroatoms. The minimum Gasteiger partial charge on any atom is -0.462 e. The zero-order valence-electron chi connectivity index (χ0n) is 17.0. The lowest BCUT2D eigenvalue weighted by Gasteiger charge is -2.31. The van der Waals surface area contributed by atoms with E-state index in [4.69, 9.17) is 14.5 Å². The lowest BCUT2D eigenvalue weighted by atomic mass is 9.76. The molecule has 1 aliphatic carbocycles. The maximum atomic E-state index is 12.2. The number of amides is 1. The molecule has 2 heterocycles. The van der Waals surface area contributed by atoms with E-state index in [2.05, 4.69) is 33.5 Å². The van der Waals surface area contributed by atoms with E-state index in [1.165, 1.54) is 17.5 Å². The maximum Gasteiger partial charge on any atom is 0.415 e. The SMILES string of the molecule is O=C(NC1=NC2(CCc3cccc(-c4cncnc4)c3C2)CO1)OCc1ccccc1. The average Bonchev–Trinajstić information content (AvgIpc) is 3.20. The van der Waals surface area contributed by atoms with Crippen LogP contribution in [0.15, 0.2) is 72.2 Å². The Bertz CT molecular complexity index is 1120. The highest BCUT2D eigenvalue weighted by atomic mass is 16.6. The number of ether oxygens (including phenoxy) is 2. The second-order valence-electron chi connectivity index (χ2n) is 7.86. The molecule has 0 radical (unpaired) electrons. The van der Waals surface area contributed by atoms with Gasteiger partial charge in [0.15, 0.2) is 0 Å². The van der Waals surface area contributed by atoms with Gasteiger partial charge < -0.3 is 9.47 Å². The number of nitrogens with one attached hydrogen (secondary N) is 1. The average molecular weight is 414 g/mol. The molecule has 0 fully saturated rings. The summed E-state index contributed by atoms with van der Waals surface area (Å²) in [5.74, 6) is 0. The van der Waals surface area contributed by atoms with Gasteiger partial charge in [0.05, 0.1) is 0 Å². The van der Waals surface area contributed by atoms with Crippen LogP contribution in [0.3, 0.4) is 0 Å². The monoisotopic (exact) mass is 414 g/mol. The van der Waals surface area contributed by atoms with E-state index < -0.39 is 6.09 Å². The molecule has 7 nitrogen and oxygen atoms in total. The molecular formula is C24H22N4O3. The van der Waals surface area contributed by atoms with Gasteiger partial charge >= 0.3 is 6.09 Å². The number of benzene rings is 2. The van der Waals surface area contributed by atoms with Gasteiger partial charge in [0, 0.05) is 24.4 Å². The molecule has 1 aromatic heterocycles. The summed E-state index contributed by atoms with van der Waals surface area (Å²) in [4.78, 5) is 25.2. The number of amidine groups is 1. The Balaban J connectivity index is 1.30. The maximum absolute atomic E-state index is 12.2. The fourth-order valence-corrected chi connectivity index (χ4v) is 4.18. The molecule has 1 spiro atoms. The first-order chi connectivity index (χ1) is 15.2. The van der Waals surface area contributed by atoms with E-state index in [9.17, 15) is 4.79 Å². The zero-order valence-corrected chi connectivity index (χ0v) is 17.0. The standard InChI is InChI=1S/C24H22N4O3/c29-23(30-14-17-5-2-1-3-6-17)27-22-28-24(15-31-22)10-9-18-7-4-8-20(21(18)11-24)19-12-25-16-26-13-19/h1-8,12-13,16H,9-11,14-15H2,(H,27,28,29). The third-order valence-corrected chi connectivity index (χ3v) is 5.75. The van der Waals surface area contributed by atoms with Gasteiger partial charge in [-0.05, 0) is 35.1 Å². The van der Waals surface area contributed by atoms with Crippen molar-refractivity contribution in [3.05, 3.63) is 83.9 Å².